The summed E-state index contributed by atoms with van der Waals surface area (Å²) >= 11 is 0. The Balaban J connectivity index is 2.03. The first-order valence-corrected chi connectivity index (χ1v) is 8.52. The molecule has 1 N–H and O–H groups in total. The molecular weight excluding hydrogens is 325 g/mol. The minimum atomic E-state index is -1.25. The topological polar surface area (TPSA) is 65.8 Å². The number of aromatic carboxylic acids is 1. The Morgan fingerprint density at radius 2 is 1.88 bits per heavy atom. The van der Waals surface area contributed by atoms with Gasteiger partial charge in [0.2, 0.25) is 5.43 Å². The third-order valence-corrected chi connectivity index (χ3v) is 5.07. The molecule has 132 valence electrons. The molecule has 2 aliphatic rings. The van der Waals surface area contributed by atoms with Gasteiger partial charge in [0.25, 0.3) is 0 Å². The minimum absolute atomic E-state index is 0.141. The van der Waals surface area contributed by atoms with Crippen LogP contribution in [-0.4, -0.2) is 53.8 Å². The number of likely N-dealkylation sites (N-methyl/N-ethyl adjacent to an activating group) is 1. The largest absolute Gasteiger partial charge is 0.477 e. The number of carbonyl (C=O) groups is 1. The van der Waals surface area contributed by atoms with Crippen LogP contribution in [-0.2, 0) is 0 Å². The summed E-state index contributed by atoms with van der Waals surface area (Å²) in [5.41, 5.74) is -0.227. The second-order valence-corrected chi connectivity index (χ2v) is 6.89. The molecule has 6 nitrogen and oxygen atoms in total. The van der Waals surface area contributed by atoms with Crippen LogP contribution in [0, 0.1) is 5.82 Å². The summed E-state index contributed by atoms with van der Waals surface area (Å²) in [6.07, 6.45) is 1.88. The highest BCUT2D eigenvalue weighted by Gasteiger charge is 2.34. The van der Waals surface area contributed by atoms with E-state index in [9.17, 15) is 19.1 Å². The summed E-state index contributed by atoms with van der Waals surface area (Å²) in [4.78, 5) is 28.9. The molecule has 1 aliphatic heterocycles. The van der Waals surface area contributed by atoms with E-state index in [0.29, 0.717) is 24.4 Å². The number of nitrogens with zero attached hydrogens (tertiary/aromatic N) is 3. The molecule has 4 rings (SSSR count). The third kappa shape index (κ3) is 2.68. The number of hydrogen-bond donors (Lipinski definition) is 1. The van der Waals surface area contributed by atoms with Crippen LogP contribution < -0.4 is 10.3 Å². The molecule has 0 spiro atoms. The fourth-order valence-corrected chi connectivity index (χ4v) is 3.59. The lowest BCUT2D eigenvalue weighted by Crippen LogP contribution is -2.46. The third-order valence-electron chi connectivity index (χ3n) is 5.07. The molecule has 2 heterocycles. The Morgan fingerprint density at radius 3 is 2.48 bits per heavy atom. The van der Waals surface area contributed by atoms with Crippen LogP contribution in [0.25, 0.3) is 10.9 Å². The Kier molecular flexibility index (Phi) is 3.76. The van der Waals surface area contributed by atoms with Crippen LogP contribution in [0.3, 0.4) is 0 Å². The molecule has 25 heavy (non-hydrogen) atoms. The lowest BCUT2D eigenvalue weighted by Gasteiger charge is -2.36. The minimum Gasteiger partial charge on any atom is -0.477 e. The van der Waals surface area contributed by atoms with Crippen LogP contribution in [0.4, 0.5) is 10.2 Å². The average Bonchev–Trinajstić information content (AvgIpc) is 3.40. The van der Waals surface area contributed by atoms with E-state index >= 15 is 0 Å². The van der Waals surface area contributed by atoms with Gasteiger partial charge in [-0.2, -0.15) is 0 Å². The number of aromatic nitrogens is 1. The van der Waals surface area contributed by atoms with Crippen molar-refractivity contribution >= 4 is 22.7 Å². The number of halogens is 1. The van der Waals surface area contributed by atoms with Crippen LogP contribution >= 0.6 is 0 Å². The van der Waals surface area contributed by atoms with Gasteiger partial charge in [0.15, 0.2) is 0 Å². The second kappa shape index (κ2) is 5.84. The summed E-state index contributed by atoms with van der Waals surface area (Å²) in [5.74, 6) is -1.30. The van der Waals surface area contributed by atoms with Gasteiger partial charge in [-0.15, -0.1) is 0 Å². The number of rotatable bonds is 3. The summed E-state index contributed by atoms with van der Waals surface area (Å²) in [6.45, 7) is 2.93. The first-order valence-electron chi connectivity index (χ1n) is 8.52. The molecule has 0 radical (unpaired) electrons. The molecule has 0 amide bonds. The number of fused-ring (bicyclic) bond motifs is 1. The zero-order chi connectivity index (χ0) is 17.7. The van der Waals surface area contributed by atoms with Crippen molar-refractivity contribution in [2.75, 3.05) is 38.1 Å². The van der Waals surface area contributed by atoms with Crippen molar-refractivity contribution in [1.82, 2.24) is 9.47 Å². The van der Waals surface area contributed by atoms with E-state index in [-0.39, 0.29) is 17.0 Å². The molecule has 1 saturated carbocycles. The van der Waals surface area contributed by atoms with Gasteiger partial charge in [-0.3, -0.25) is 4.79 Å². The van der Waals surface area contributed by atoms with Gasteiger partial charge in [0, 0.05) is 37.6 Å². The number of anilines is 1. The molecule has 7 heteroatoms. The van der Waals surface area contributed by atoms with E-state index in [4.69, 9.17) is 0 Å². The summed E-state index contributed by atoms with van der Waals surface area (Å²) in [5, 5.41) is 9.88. The van der Waals surface area contributed by atoms with Crippen molar-refractivity contribution in [2.24, 2.45) is 0 Å². The van der Waals surface area contributed by atoms with Gasteiger partial charge >= 0.3 is 5.97 Å². The Bertz CT molecular complexity index is 912. The van der Waals surface area contributed by atoms with Crippen LogP contribution in [0.2, 0.25) is 0 Å². The lowest BCUT2D eigenvalue weighted by molar-refractivity contribution is 0.0695. The molecule has 0 bridgehead atoms. The normalized spacial score (nSPS) is 18.7. The second-order valence-electron chi connectivity index (χ2n) is 6.89. The quantitative estimate of drug-likeness (QED) is 0.921. The molecule has 2 aromatic rings. The fraction of sp³-hybridized carbons (Fsp3) is 0.444. The zero-order valence-electron chi connectivity index (χ0n) is 14.0. The van der Waals surface area contributed by atoms with Crippen LogP contribution in [0.15, 0.2) is 23.0 Å². The van der Waals surface area contributed by atoms with E-state index in [1.54, 1.807) is 6.07 Å². The summed E-state index contributed by atoms with van der Waals surface area (Å²) in [7, 11) is 2.02. The fourth-order valence-electron chi connectivity index (χ4n) is 3.59. The van der Waals surface area contributed by atoms with Crippen molar-refractivity contribution in [3.8, 4) is 0 Å². The average molecular weight is 345 g/mol. The molecule has 1 aliphatic carbocycles. The number of piperazine rings is 1. The predicted octanol–water partition coefficient (Wildman–Crippen LogP) is 1.93. The van der Waals surface area contributed by atoms with Crippen LogP contribution in [0.5, 0.6) is 0 Å². The first-order chi connectivity index (χ1) is 12.0. The Morgan fingerprint density at radius 1 is 1.20 bits per heavy atom. The van der Waals surface area contributed by atoms with E-state index in [0.717, 1.165) is 32.0 Å². The molecular formula is C18H20FN3O3. The number of hydrogen-bond acceptors (Lipinski definition) is 4. The van der Waals surface area contributed by atoms with E-state index in [2.05, 4.69) is 4.90 Å². The standard InChI is InChI=1S/C18H20FN3O3/c1-20-6-8-21(9-7-20)17-15(18(24)25)16(23)13-10-11(19)2-5-14(13)22(17)12-3-4-12/h2,5,10,12H,3-4,6-9H2,1H3,(H,24,25). The maximum absolute atomic E-state index is 13.7. The maximum Gasteiger partial charge on any atom is 0.343 e. The zero-order valence-corrected chi connectivity index (χ0v) is 14.0. The van der Waals surface area contributed by atoms with Crippen molar-refractivity contribution in [1.29, 1.82) is 0 Å². The van der Waals surface area contributed by atoms with Crippen LogP contribution in [0.1, 0.15) is 29.2 Å². The van der Waals surface area contributed by atoms with E-state index in [1.807, 2.05) is 16.5 Å². The number of carboxylic acids is 1. The monoisotopic (exact) mass is 345 g/mol. The Hall–Kier alpha value is -2.41. The molecule has 0 unspecified atom stereocenters. The lowest BCUT2D eigenvalue weighted by atomic mass is 10.1. The highest BCUT2D eigenvalue weighted by Crippen LogP contribution is 2.41. The van der Waals surface area contributed by atoms with Crippen molar-refractivity contribution in [3.05, 3.63) is 39.8 Å². The first kappa shape index (κ1) is 16.1. The molecule has 1 aromatic carbocycles. The maximum atomic E-state index is 13.7. The Labute approximate surface area is 144 Å². The van der Waals surface area contributed by atoms with Gasteiger partial charge in [-0.1, -0.05) is 0 Å². The number of pyridine rings is 1. The molecule has 0 atom stereocenters. The summed E-state index contributed by atoms with van der Waals surface area (Å²) < 4.78 is 15.6. The number of benzene rings is 1. The van der Waals surface area contributed by atoms with Gasteiger partial charge in [0.05, 0.1) is 5.52 Å². The van der Waals surface area contributed by atoms with Gasteiger partial charge in [-0.25, -0.2) is 9.18 Å². The van der Waals surface area contributed by atoms with E-state index in [1.165, 1.54) is 6.07 Å². The van der Waals surface area contributed by atoms with E-state index < -0.39 is 17.2 Å². The van der Waals surface area contributed by atoms with Gasteiger partial charge in [0.1, 0.15) is 17.2 Å². The van der Waals surface area contributed by atoms with Gasteiger partial charge < -0.3 is 19.5 Å². The SMILES string of the molecule is CN1CCN(c2c(C(=O)O)c(=O)c3cc(F)ccc3n2C2CC2)CC1. The van der Waals surface area contributed by atoms with Gasteiger partial charge in [-0.05, 0) is 38.1 Å². The van der Waals surface area contributed by atoms with Crippen molar-refractivity contribution in [2.45, 2.75) is 18.9 Å². The molecule has 1 saturated heterocycles. The molecule has 1 aromatic heterocycles. The van der Waals surface area contributed by atoms with Crippen molar-refractivity contribution < 1.29 is 14.3 Å². The number of carboxylic acid groups (broad SMARTS) is 1. The smallest absolute Gasteiger partial charge is 0.343 e. The highest BCUT2D eigenvalue weighted by molar-refractivity contribution is 5.98. The van der Waals surface area contributed by atoms with Crippen molar-refractivity contribution in [3.63, 3.8) is 0 Å². The summed E-state index contributed by atoms with van der Waals surface area (Å²) in [6, 6.07) is 4.24. The highest BCUT2D eigenvalue weighted by atomic mass is 19.1. The predicted molar refractivity (Wildman–Crippen MR) is 93.1 cm³/mol. The molecule has 2 fully saturated rings.